The predicted octanol–water partition coefficient (Wildman–Crippen LogP) is 3.09. The van der Waals surface area contributed by atoms with Gasteiger partial charge in [-0.05, 0) is 19.1 Å². The van der Waals surface area contributed by atoms with E-state index in [0.29, 0.717) is 18.0 Å². The number of hydrogen-bond donors (Lipinski definition) is 1. The quantitative estimate of drug-likeness (QED) is 0.799. The smallest absolute Gasteiger partial charge is 0.203 e. The number of thiazole rings is 1. The van der Waals surface area contributed by atoms with E-state index in [-0.39, 0.29) is 5.82 Å². The highest BCUT2D eigenvalue weighted by Crippen LogP contribution is 2.19. The topological polar surface area (TPSA) is 42.7 Å². The van der Waals surface area contributed by atoms with Crippen molar-refractivity contribution in [2.24, 2.45) is 7.05 Å². The van der Waals surface area contributed by atoms with Crippen molar-refractivity contribution in [2.75, 3.05) is 5.32 Å². The Morgan fingerprint density at radius 2 is 2.21 bits per heavy atom. The minimum atomic E-state index is -0.271. The van der Waals surface area contributed by atoms with Crippen LogP contribution in [0.3, 0.4) is 0 Å². The van der Waals surface area contributed by atoms with Crippen LogP contribution in [-0.4, -0.2) is 14.5 Å². The summed E-state index contributed by atoms with van der Waals surface area (Å²) in [6, 6.07) is 4.61. The number of anilines is 1. The van der Waals surface area contributed by atoms with Crippen molar-refractivity contribution in [3.05, 3.63) is 40.1 Å². The maximum Gasteiger partial charge on any atom is 0.203 e. The van der Waals surface area contributed by atoms with Gasteiger partial charge in [0.25, 0.3) is 0 Å². The molecule has 0 radical (unpaired) electrons. The molecule has 19 heavy (non-hydrogen) atoms. The van der Waals surface area contributed by atoms with Gasteiger partial charge in [0.2, 0.25) is 5.95 Å². The molecular weight excluding hydrogens is 263 g/mol. The second kappa shape index (κ2) is 4.62. The van der Waals surface area contributed by atoms with E-state index >= 15 is 0 Å². The molecule has 2 heterocycles. The molecule has 0 bridgehead atoms. The summed E-state index contributed by atoms with van der Waals surface area (Å²) in [5.41, 5.74) is 2.54. The number of imidazole rings is 1. The molecule has 4 nitrogen and oxygen atoms in total. The minimum absolute atomic E-state index is 0.271. The van der Waals surface area contributed by atoms with Gasteiger partial charge in [-0.2, -0.15) is 0 Å². The number of rotatable bonds is 3. The van der Waals surface area contributed by atoms with E-state index in [4.69, 9.17) is 0 Å². The summed E-state index contributed by atoms with van der Waals surface area (Å²) >= 11 is 1.62. The first-order chi connectivity index (χ1) is 9.13. The van der Waals surface area contributed by atoms with Crippen LogP contribution in [0.1, 0.15) is 10.7 Å². The summed E-state index contributed by atoms with van der Waals surface area (Å²) in [7, 11) is 1.90. The Morgan fingerprint density at radius 3 is 2.95 bits per heavy atom. The van der Waals surface area contributed by atoms with Crippen molar-refractivity contribution in [2.45, 2.75) is 13.5 Å². The van der Waals surface area contributed by atoms with Gasteiger partial charge in [0.05, 0.1) is 28.3 Å². The van der Waals surface area contributed by atoms with Gasteiger partial charge in [-0.15, -0.1) is 11.3 Å². The van der Waals surface area contributed by atoms with Crippen molar-refractivity contribution < 1.29 is 4.39 Å². The number of hydrogen-bond acceptors (Lipinski definition) is 4. The Labute approximate surface area is 113 Å². The zero-order valence-electron chi connectivity index (χ0n) is 10.6. The summed E-state index contributed by atoms with van der Waals surface area (Å²) in [5.74, 6) is 0.443. The highest BCUT2D eigenvalue weighted by molar-refractivity contribution is 7.09. The van der Waals surface area contributed by atoms with E-state index in [9.17, 15) is 4.39 Å². The number of aromatic nitrogens is 3. The Kier molecular flexibility index (Phi) is 2.94. The van der Waals surface area contributed by atoms with Crippen molar-refractivity contribution >= 4 is 28.3 Å². The summed E-state index contributed by atoms with van der Waals surface area (Å²) in [6.45, 7) is 2.59. The molecule has 0 saturated heterocycles. The predicted molar refractivity (Wildman–Crippen MR) is 74.8 cm³/mol. The van der Waals surface area contributed by atoms with Gasteiger partial charge in [-0.25, -0.2) is 14.4 Å². The maximum atomic E-state index is 13.2. The zero-order valence-corrected chi connectivity index (χ0v) is 11.5. The first kappa shape index (κ1) is 12.1. The summed E-state index contributed by atoms with van der Waals surface area (Å²) in [5, 5.41) is 6.29. The van der Waals surface area contributed by atoms with Crippen LogP contribution >= 0.6 is 11.3 Å². The van der Waals surface area contributed by atoms with E-state index in [1.54, 1.807) is 17.4 Å². The lowest BCUT2D eigenvalue weighted by Crippen LogP contribution is -2.05. The molecule has 0 unspecified atom stereocenters. The summed E-state index contributed by atoms with van der Waals surface area (Å²) in [6.07, 6.45) is 0. The molecule has 0 saturated carbocycles. The van der Waals surface area contributed by atoms with Gasteiger partial charge in [0.1, 0.15) is 5.82 Å². The molecule has 3 rings (SSSR count). The number of halogens is 1. The standard InChI is InChI=1S/C13H13FN4S/c1-8-16-10(7-19-8)6-15-13-17-11-5-9(14)3-4-12(11)18(13)2/h3-5,7H,6H2,1-2H3,(H,15,17). The molecule has 98 valence electrons. The lowest BCUT2D eigenvalue weighted by Gasteiger charge is -2.04. The molecular formula is C13H13FN4S. The van der Waals surface area contributed by atoms with E-state index in [2.05, 4.69) is 15.3 Å². The van der Waals surface area contributed by atoms with Gasteiger partial charge >= 0.3 is 0 Å². The molecule has 2 aromatic heterocycles. The van der Waals surface area contributed by atoms with Crippen LogP contribution in [-0.2, 0) is 13.6 Å². The molecule has 0 aliphatic carbocycles. The van der Waals surface area contributed by atoms with Gasteiger partial charge < -0.3 is 9.88 Å². The molecule has 0 atom stereocenters. The average molecular weight is 276 g/mol. The molecule has 0 spiro atoms. The molecule has 1 N–H and O–H groups in total. The fourth-order valence-electron chi connectivity index (χ4n) is 1.99. The first-order valence-electron chi connectivity index (χ1n) is 5.90. The lowest BCUT2D eigenvalue weighted by atomic mass is 10.3. The summed E-state index contributed by atoms with van der Waals surface area (Å²) in [4.78, 5) is 8.76. The molecule has 1 aromatic carbocycles. The number of nitrogens with one attached hydrogen (secondary N) is 1. The highest BCUT2D eigenvalue weighted by Gasteiger charge is 2.08. The molecule has 0 amide bonds. The fraction of sp³-hybridized carbons (Fsp3) is 0.231. The molecule has 0 fully saturated rings. The van der Waals surface area contributed by atoms with Crippen LogP contribution in [0, 0.1) is 12.7 Å². The Bertz CT molecular complexity index is 731. The van der Waals surface area contributed by atoms with Crippen LogP contribution < -0.4 is 5.32 Å². The second-order valence-corrected chi connectivity index (χ2v) is 5.40. The Hall–Kier alpha value is -1.95. The van der Waals surface area contributed by atoms with Gasteiger partial charge in [-0.3, -0.25) is 0 Å². The van der Waals surface area contributed by atoms with Crippen molar-refractivity contribution in [3.63, 3.8) is 0 Å². The second-order valence-electron chi connectivity index (χ2n) is 4.34. The van der Waals surface area contributed by atoms with Crippen molar-refractivity contribution in [3.8, 4) is 0 Å². The molecule has 3 aromatic rings. The van der Waals surface area contributed by atoms with Crippen molar-refractivity contribution in [1.82, 2.24) is 14.5 Å². The lowest BCUT2D eigenvalue weighted by molar-refractivity contribution is 0.629. The third-order valence-corrected chi connectivity index (χ3v) is 3.76. The van der Waals surface area contributed by atoms with Crippen LogP contribution in [0.5, 0.6) is 0 Å². The highest BCUT2D eigenvalue weighted by atomic mass is 32.1. The number of aryl methyl sites for hydroxylation is 2. The monoisotopic (exact) mass is 276 g/mol. The Balaban J connectivity index is 1.86. The third kappa shape index (κ3) is 2.31. The number of benzene rings is 1. The fourth-order valence-corrected chi connectivity index (χ4v) is 2.60. The Morgan fingerprint density at radius 1 is 1.37 bits per heavy atom. The normalized spacial score (nSPS) is 11.1. The SMILES string of the molecule is Cc1nc(CNc2nc3cc(F)ccc3n2C)cs1. The van der Waals surface area contributed by atoms with Gasteiger partial charge in [0.15, 0.2) is 0 Å². The van der Waals surface area contributed by atoms with Gasteiger partial charge in [-0.1, -0.05) is 0 Å². The van der Waals surface area contributed by atoms with E-state index in [1.807, 2.05) is 23.9 Å². The minimum Gasteiger partial charge on any atom is -0.350 e. The molecule has 0 aliphatic rings. The van der Waals surface area contributed by atoms with E-state index < -0.39 is 0 Å². The zero-order chi connectivity index (χ0) is 13.4. The number of nitrogens with zero attached hydrogens (tertiary/aromatic N) is 3. The largest absolute Gasteiger partial charge is 0.350 e. The van der Waals surface area contributed by atoms with Crippen LogP contribution in [0.25, 0.3) is 11.0 Å². The summed E-state index contributed by atoms with van der Waals surface area (Å²) < 4.78 is 15.1. The van der Waals surface area contributed by atoms with Crippen LogP contribution in [0.4, 0.5) is 10.3 Å². The molecule has 0 aliphatic heterocycles. The van der Waals surface area contributed by atoms with Crippen LogP contribution in [0.15, 0.2) is 23.6 Å². The van der Waals surface area contributed by atoms with Crippen molar-refractivity contribution in [1.29, 1.82) is 0 Å². The number of fused-ring (bicyclic) bond motifs is 1. The van der Waals surface area contributed by atoms with Gasteiger partial charge in [0, 0.05) is 18.5 Å². The average Bonchev–Trinajstić information content (AvgIpc) is 2.91. The van der Waals surface area contributed by atoms with E-state index in [1.165, 1.54) is 12.1 Å². The van der Waals surface area contributed by atoms with Crippen LogP contribution in [0.2, 0.25) is 0 Å². The third-order valence-electron chi connectivity index (χ3n) is 2.94. The molecule has 6 heteroatoms. The van der Waals surface area contributed by atoms with E-state index in [0.717, 1.165) is 16.2 Å². The maximum absolute atomic E-state index is 13.2. The first-order valence-corrected chi connectivity index (χ1v) is 6.78.